The van der Waals surface area contributed by atoms with E-state index in [9.17, 15) is 14.4 Å². The van der Waals surface area contributed by atoms with E-state index in [1.54, 1.807) is 34.9 Å². The summed E-state index contributed by atoms with van der Waals surface area (Å²) >= 11 is 0. The minimum Gasteiger partial charge on any atom is -0.378 e. The molecule has 1 heterocycles. The van der Waals surface area contributed by atoms with Crippen LogP contribution in [-0.2, 0) is 11.3 Å². The first kappa shape index (κ1) is 18.1. The van der Waals surface area contributed by atoms with Gasteiger partial charge in [0, 0.05) is 24.2 Å². The van der Waals surface area contributed by atoms with Crippen molar-refractivity contribution in [1.82, 2.24) is 9.55 Å². The molecule has 0 saturated carbocycles. The highest BCUT2D eigenvalue weighted by Gasteiger charge is 2.16. The molecule has 0 atom stereocenters. The lowest BCUT2D eigenvalue weighted by Gasteiger charge is -2.07. The van der Waals surface area contributed by atoms with Crippen molar-refractivity contribution in [2.75, 3.05) is 11.9 Å². The normalized spacial score (nSPS) is 10.7. The van der Waals surface area contributed by atoms with E-state index < -0.39 is 11.8 Å². The van der Waals surface area contributed by atoms with E-state index >= 15 is 0 Å². The van der Waals surface area contributed by atoms with Crippen molar-refractivity contribution in [2.24, 2.45) is 11.5 Å². The first-order valence-electron chi connectivity index (χ1n) is 8.36. The Hall–Kier alpha value is -3.68. The fourth-order valence-electron chi connectivity index (χ4n) is 2.78. The Labute approximate surface area is 155 Å². The van der Waals surface area contributed by atoms with Crippen molar-refractivity contribution in [2.45, 2.75) is 13.0 Å². The zero-order valence-electron chi connectivity index (χ0n) is 14.5. The van der Waals surface area contributed by atoms with Gasteiger partial charge < -0.3 is 21.4 Å². The van der Waals surface area contributed by atoms with Crippen molar-refractivity contribution in [1.29, 1.82) is 0 Å². The van der Waals surface area contributed by atoms with Gasteiger partial charge in [-0.1, -0.05) is 30.3 Å². The van der Waals surface area contributed by atoms with E-state index in [0.717, 1.165) is 0 Å². The summed E-state index contributed by atoms with van der Waals surface area (Å²) in [5, 5.41) is 3.05. The van der Waals surface area contributed by atoms with E-state index in [4.69, 9.17) is 11.5 Å². The summed E-state index contributed by atoms with van der Waals surface area (Å²) < 4.78 is 1.57. The molecule has 0 fully saturated rings. The number of primary amides is 2. The van der Waals surface area contributed by atoms with Gasteiger partial charge in [0.2, 0.25) is 5.91 Å². The molecule has 8 heteroatoms. The number of imidazole rings is 1. The third kappa shape index (κ3) is 4.12. The number of hydrogen-bond acceptors (Lipinski definition) is 5. The standard InChI is InChI=1S/C19H19N5O3/c20-17(26)8-9-24-15-7-6-13(10-14(15)23-19(24)18(21)27)22-11-16(25)12-4-2-1-3-5-12/h1-7,10,22H,8-9,11H2,(H2,20,26)(H2,21,27). The Bertz CT molecular complexity index is 1010. The third-order valence-electron chi connectivity index (χ3n) is 4.10. The Morgan fingerprint density at radius 3 is 2.44 bits per heavy atom. The molecule has 3 aromatic rings. The molecular formula is C19H19N5O3. The Morgan fingerprint density at radius 2 is 1.78 bits per heavy atom. The number of rotatable bonds is 8. The number of nitrogens with two attached hydrogens (primary N) is 2. The summed E-state index contributed by atoms with van der Waals surface area (Å²) in [6, 6.07) is 14.2. The van der Waals surface area contributed by atoms with Crippen LogP contribution in [0.2, 0.25) is 0 Å². The van der Waals surface area contributed by atoms with Crippen LogP contribution in [0.25, 0.3) is 11.0 Å². The summed E-state index contributed by atoms with van der Waals surface area (Å²) in [6.45, 7) is 0.337. The summed E-state index contributed by atoms with van der Waals surface area (Å²) in [5.41, 5.74) is 13.1. The minimum atomic E-state index is -0.690. The second-order valence-electron chi connectivity index (χ2n) is 6.01. The van der Waals surface area contributed by atoms with Crippen LogP contribution in [0, 0.1) is 0 Å². The average molecular weight is 365 g/mol. The van der Waals surface area contributed by atoms with Crippen molar-refractivity contribution in [3.8, 4) is 0 Å². The van der Waals surface area contributed by atoms with E-state index in [1.165, 1.54) is 0 Å². The molecule has 2 aromatic carbocycles. The van der Waals surface area contributed by atoms with Gasteiger partial charge in [-0.2, -0.15) is 0 Å². The van der Waals surface area contributed by atoms with Crippen LogP contribution in [0.1, 0.15) is 27.4 Å². The predicted octanol–water partition coefficient (Wildman–Crippen LogP) is 1.31. The molecule has 2 amide bonds. The molecule has 0 unspecified atom stereocenters. The fourth-order valence-corrected chi connectivity index (χ4v) is 2.78. The van der Waals surface area contributed by atoms with Crippen molar-refractivity contribution in [3.05, 3.63) is 59.9 Å². The quantitative estimate of drug-likeness (QED) is 0.518. The second-order valence-corrected chi connectivity index (χ2v) is 6.01. The second kappa shape index (κ2) is 7.69. The van der Waals surface area contributed by atoms with Gasteiger partial charge in [0.1, 0.15) is 0 Å². The number of amides is 2. The predicted molar refractivity (Wildman–Crippen MR) is 101 cm³/mol. The van der Waals surface area contributed by atoms with Crippen LogP contribution < -0.4 is 16.8 Å². The van der Waals surface area contributed by atoms with Crippen molar-refractivity contribution in [3.63, 3.8) is 0 Å². The average Bonchev–Trinajstić information content (AvgIpc) is 3.03. The first-order chi connectivity index (χ1) is 13.0. The number of ketones is 1. The van der Waals surface area contributed by atoms with Gasteiger partial charge in [-0.25, -0.2) is 4.98 Å². The molecular weight excluding hydrogens is 346 g/mol. The lowest BCUT2D eigenvalue weighted by Crippen LogP contribution is -2.20. The lowest BCUT2D eigenvalue weighted by molar-refractivity contribution is -0.118. The van der Waals surface area contributed by atoms with Crippen LogP contribution >= 0.6 is 0 Å². The number of carbonyl (C=O) groups is 3. The molecule has 0 aliphatic carbocycles. The van der Waals surface area contributed by atoms with Crippen LogP contribution in [0.15, 0.2) is 48.5 Å². The minimum absolute atomic E-state index is 0.0412. The number of carbonyl (C=O) groups excluding carboxylic acids is 3. The Balaban J connectivity index is 1.81. The monoisotopic (exact) mass is 365 g/mol. The van der Waals surface area contributed by atoms with Crippen LogP contribution in [-0.4, -0.2) is 33.7 Å². The van der Waals surface area contributed by atoms with E-state index in [-0.39, 0.29) is 31.1 Å². The molecule has 0 aliphatic heterocycles. The summed E-state index contributed by atoms with van der Waals surface area (Å²) in [5.74, 6) is -1.15. The maximum Gasteiger partial charge on any atom is 0.284 e. The molecule has 3 rings (SSSR count). The zero-order chi connectivity index (χ0) is 19.4. The molecule has 5 N–H and O–H groups in total. The van der Waals surface area contributed by atoms with E-state index in [1.807, 2.05) is 18.2 Å². The first-order valence-corrected chi connectivity index (χ1v) is 8.36. The molecule has 0 saturated heterocycles. The Morgan fingerprint density at radius 1 is 1.04 bits per heavy atom. The highest BCUT2D eigenvalue weighted by atomic mass is 16.1. The number of fused-ring (bicyclic) bond motifs is 1. The smallest absolute Gasteiger partial charge is 0.284 e. The number of benzene rings is 2. The molecule has 0 spiro atoms. The number of Topliss-reactive ketones (excluding diaryl/α,β-unsaturated/α-hetero) is 1. The van der Waals surface area contributed by atoms with E-state index in [0.29, 0.717) is 22.3 Å². The summed E-state index contributed by atoms with van der Waals surface area (Å²) in [7, 11) is 0. The van der Waals surface area contributed by atoms with Gasteiger partial charge in [0.25, 0.3) is 5.91 Å². The van der Waals surface area contributed by atoms with Crippen molar-refractivity contribution >= 4 is 34.3 Å². The SMILES string of the molecule is NC(=O)CCn1c(C(N)=O)nc2cc(NCC(=O)c3ccccc3)ccc21. The number of aryl methyl sites for hydroxylation is 1. The van der Waals surface area contributed by atoms with Gasteiger partial charge in [-0.15, -0.1) is 0 Å². The topological polar surface area (TPSA) is 133 Å². The van der Waals surface area contributed by atoms with Crippen LogP contribution in [0.5, 0.6) is 0 Å². The highest BCUT2D eigenvalue weighted by molar-refractivity contribution is 5.99. The number of nitrogens with one attached hydrogen (secondary N) is 1. The largest absolute Gasteiger partial charge is 0.378 e. The molecule has 8 nitrogen and oxygen atoms in total. The van der Waals surface area contributed by atoms with Gasteiger partial charge in [-0.05, 0) is 18.2 Å². The van der Waals surface area contributed by atoms with Crippen LogP contribution in [0.4, 0.5) is 5.69 Å². The number of hydrogen-bond donors (Lipinski definition) is 3. The van der Waals surface area contributed by atoms with Gasteiger partial charge >= 0.3 is 0 Å². The molecule has 27 heavy (non-hydrogen) atoms. The highest BCUT2D eigenvalue weighted by Crippen LogP contribution is 2.21. The van der Waals surface area contributed by atoms with Gasteiger partial charge in [0.15, 0.2) is 11.6 Å². The maximum absolute atomic E-state index is 12.2. The number of nitrogens with zero attached hydrogens (tertiary/aromatic N) is 2. The zero-order valence-corrected chi connectivity index (χ0v) is 14.5. The van der Waals surface area contributed by atoms with Crippen LogP contribution in [0.3, 0.4) is 0 Å². The summed E-state index contributed by atoms with van der Waals surface area (Å²) in [4.78, 5) is 39.2. The molecule has 0 radical (unpaired) electrons. The molecule has 0 aliphatic rings. The molecule has 0 bridgehead atoms. The van der Waals surface area contributed by atoms with Gasteiger partial charge in [0.05, 0.1) is 17.6 Å². The fraction of sp³-hybridized carbons (Fsp3) is 0.158. The number of aromatic nitrogens is 2. The maximum atomic E-state index is 12.2. The summed E-state index contributed by atoms with van der Waals surface area (Å²) in [6.07, 6.45) is 0.0668. The van der Waals surface area contributed by atoms with E-state index in [2.05, 4.69) is 10.3 Å². The van der Waals surface area contributed by atoms with Gasteiger partial charge in [-0.3, -0.25) is 14.4 Å². The molecule has 138 valence electrons. The lowest BCUT2D eigenvalue weighted by atomic mass is 10.1. The van der Waals surface area contributed by atoms with Crippen molar-refractivity contribution < 1.29 is 14.4 Å². The Kier molecular flexibility index (Phi) is 5.16. The number of anilines is 1. The third-order valence-corrected chi connectivity index (χ3v) is 4.10. The molecule has 1 aromatic heterocycles.